The van der Waals surface area contributed by atoms with Crippen LogP contribution in [0.5, 0.6) is 11.5 Å². The highest BCUT2D eigenvalue weighted by Crippen LogP contribution is 2.32. The number of benzene rings is 3. The second-order valence-electron chi connectivity index (χ2n) is 7.24. The molecule has 0 aliphatic heterocycles. The van der Waals surface area contributed by atoms with E-state index in [-0.39, 0.29) is 30.6 Å². The van der Waals surface area contributed by atoms with E-state index in [0.717, 1.165) is 11.1 Å². The Kier molecular flexibility index (Phi) is 8.32. The van der Waals surface area contributed by atoms with Gasteiger partial charge in [0.15, 0.2) is 0 Å². The summed E-state index contributed by atoms with van der Waals surface area (Å²) < 4.78 is 64.7. The van der Waals surface area contributed by atoms with Crippen LogP contribution in [0.4, 0.5) is 0 Å². The minimum atomic E-state index is -4.07. The van der Waals surface area contributed by atoms with Gasteiger partial charge in [0, 0.05) is 5.92 Å². The van der Waals surface area contributed by atoms with Crippen molar-refractivity contribution in [3.05, 3.63) is 83.9 Å². The number of hydrogen-bond donors (Lipinski definition) is 0. The van der Waals surface area contributed by atoms with Crippen LogP contribution in [0.25, 0.3) is 11.1 Å². The number of fused-ring (bicyclic) bond motifs is 1. The summed E-state index contributed by atoms with van der Waals surface area (Å²) in [6.07, 6.45) is 0. The molecular formula is C24H26O8S2. The van der Waals surface area contributed by atoms with Gasteiger partial charge in [0.25, 0.3) is 0 Å². The third-order valence-electron chi connectivity index (χ3n) is 4.79. The summed E-state index contributed by atoms with van der Waals surface area (Å²) in [5.41, 5.74) is 4.68. The highest BCUT2D eigenvalue weighted by molar-refractivity contribution is 7.82. The van der Waals surface area contributed by atoms with E-state index in [4.69, 9.17) is 8.37 Å². The molecular weight excluding hydrogens is 480 g/mol. The van der Waals surface area contributed by atoms with Crippen molar-refractivity contribution in [1.29, 1.82) is 0 Å². The maximum Gasteiger partial charge on any atom is 0.449 e. The standard InChI is InChI=1S/C18H22O8S2.C6H4/c1-4-23-27(19,20)25-17-10-6-15(7-11-17)14(3)16-8-12-18(13-9-16)26-28(21,22)24-5-2;1-2-5-4-6(5)3-1/h6-14H,4-5H2,1-3H3;1-4H. The fraction of sp³-hybridized carbons (Fsp3) is 0.250. The topological polar surface area (TPSA) is 105 Å². The van der Waals surface area contributed by atoms with Crippen LogP contribution in [-0.4, -0.2) is 30.0 Å². The highest BCUT2D eigenvalue weighted by atomic mass is 32.3. The molecule has 10 heteroatoms. The Hall–Kier alpha value is -2.92. The molecule has 34 heavy (non-hydrogen) atoms. The van der Waals surface area contributed by atoms with E-state index in [1.807, 2.05) is 6.92 Å². The zero-order chi connectivity index (χ0) is 24.8. The molecule has 0 spiro atoms. The third kappa shape index (κ3) is 7.56. The van der Waals surface area contributed by atoms with Crippen molar-refractivity contribution in [3.8, 4) is 22.6 Å². The first-order valence-corrected chi connectivity index (χ1v) is 13.3. The first-order valence-electron chi connectivity index (χ1n) is 10.6. The Morgan fingerprint density at radius 2 is 1.03 bits per heavy atom. The molecule has 0 aromatic heterocycles. The van der Waals surface area contributed by atoms with Crippen molar-refractivity contribution < 1.29 is 33.6 Å². The minimum Gasteiger partial charge on any atom is -0.362 e. The lowest BCUT2D eigenvalue weighted by atomic mass is 9.93. The highest BCUT2D eigenvalue weighted by Gasteiger charge is 2.15. The summed E-state index contributed by atoms with van der Waals surface area (Å²) in [6.45, 7) is 5.04. The molecule has 0 amide bonds. The van der Waals surface area contributed by atoms with Gasteiger partial charge in [-0.3, -0.25) is 0 Å². The molecule has 0 bridgehead atoms. The summed E-state index contributed by atoms with van der Waals surface area (Å²) in [7, 11) is -8.13. The first-order chi connectivity index (χ1) is 16.1. The SMILES string of the molecule is CCOS(=O)(=O)Oc1ccc(C(C)c2ccc(OS(=O)(=O)OCC)cc2)cc1.c1cc2cc-2c1. The summed E-state index contributed by atoms with van der Waals surface area (Å²) in [4.78, 5) is 0. The molecule has 0 radical (unpaired) electrons. The maximum atomic E-state index is 11.5. The van der Waals surface area contributed by atoms with E-state index in [2.05, 4.69) is 32.6 Å². The Labute approximate surface area is 200 Å². The van der Waals surface area contributed by atoms with Crippen LogP contribution in [-0.2, 0) is 29.2 Å². The second kappa shape index (κ2) is 11.0. The lowest BCUT2D eigenvalue weighted by Crippen LogP contribution is -2.13. The van der Waals surface area contributed by atoms with Gasteiger partial charge in [-0.1, -0.05) is 49.4 Å². The Morgan fingerprint density at radius 3 is 1.29 bits per heavy atom. The monoisotopic (exact) mass is 506 g/mol. The van der Waals surface area contributed by atoms with Crippen LogP contribution in [0.15, 0.2) is 72.8 Å². The van der Waals surface area contributed by atoms with E-state index in [0.29, 0.717) is 0 Å². The van der Waals surface area contributed by atoms with Crippen molar-refractivity contribution >= 4 is 20.8 Å². The fourth-order valence-electron chi connectivity index (χ4n) is 3.06. The van der Waals surface area contributed by atoms with Crippen LogP contribution in [0.2, 0.25) is 0 Å². The predicted octanol–water partition coefficient (Wildman–Crippen LogP) is 4.83. The number of hydrogen-bond acceptors (Lipinski definition) is 8. The Morgan fingerprint density at radius 1 is 0.647 bits per heavy atom. The molecule has 2 aliphatic rings. The molecule has 0 saturated carbocycles. The third-order valence-corrected chi connectivity index (χ3v) is 6.64. The van der Waals surface area contributed by atoms with Gasteiger partial charge in [-0.25, -0.2) is 8.37 Å². The average molecular weight is 507 g/mol. The van der Waals surface area contributed by atoms with Crippen molar-refractivity contribution in [2.75, 3.05) is 13.2 Å². The van der Waals surface area contributed by atoms with E-state index < -0.39 is 20.8 Å². The van der Waals surface area contributed by atoms with E-state index in [1.54, 1.807) is 38.1 Å². The van der Waals surface area contributed by atoms with Crippen molar-refractivity contribution in [2.45, 2.75) is 26.7 Å². The summed E-state index contributed by atoms with van der Waals surface area (Å²) in [5, 5.41) is 0. The molecule has 4 rings (SSSR count). The summed E-state index contributed by atoms with van der Waals surface area (Å²) in [5.74, 6) is 0.263. The van der Waals surface area contributed by atoms with Crippen LogP contribution in [0.3, 0.4) is 0 Å². The molecule has 0 atom stereocenters. The molecule has 182 valence electrons. The Bertz CT molecular complexity index is 1200. The normalized spacial score (nSPS) is 12.0. The molecule has 2 aliphatic carbocycles. The lowest BCUT2D eigenvalue weighted by molar-refractivity contribution is 0.286. The van der Waals surface area contributed by atoms with E-state index in [1.165, 1.54) is 35.4 Å². The van der Waals surface area contributed by atoms with Gasteiger partial charge >= 0.3 is 20.8 Å². The minimum absolute atomic E-state index is 0.0109. The van der Waals surface area contributed by atoms with E-state index in [9.17, 15) is 16.8 Å². The average Bonchev–Trinajstić information content (AvgIpc) is 3.38. The first kappa shape index (κ1) is 25.7. The zero-order valence-electron chi connectivity index (χ0n) is 19.0. The predicted molar refractivity (Wildman–Crippen MR) is 128 cm³/mol. The van der Waals surface area contributed by atoms with Crippen LogP contribution in [0, 0.1) is 0 Å². The van der Waals surface area contributed by atoms with Gasteiger partial charge in [-0.2, -0.15) is 16.8 Å². The van der Waals surface area contributed by atoms with Crippen molar-refractivity contribution in [1.82, 2.24) is 0 Å². The van der Waals surface area contributed by atoms with Crippen molar-refractivity contribution in [2.24, 2.45) is 0 Å². The second-order valence-corrected chi connectivity index (χ2v) is 9.67. The van der Waals surface area contributed by atoms with Gasteiger partial charge in [0.2, 0.25) is 0 Å². The molecule has 2 aromatic rings. The van der Waals surface area contributed by atoms with Crippen molar-refractivity contribution in [3.63, 3.8) is 0 Å². The van der Waals surface area contributed by atoms with Gasteiger partial charge in [-0.15, -0.1) is 0 Å². The maximum absolute atomic E-state index is 11.5. The molecule has 2 aromatic carbocycles. The largest absolute Gasteiger partial charge is 0.449 e. The molecule has 0 fully saturated rings. The van der Waals surface area contributed by atoms with Gasteiger partial charge in [0.1, 0.15) is 11.5 Å². The smallest absolute Gasteiger partial charge is 0.362 e. The molecule has 0 saturated heterocycles. The Balaban J connectivity index is 0.000000457. The van der Waals surface area contributed by atoms with Crippen LogP contribution in [0.1, 0.15) is 37.8 Å². The zero-order valence-corrected chi connectivity index (χ0v) is 20.6. The summed E-state index contributed by atoms with van der Waals surface area (Å²) in [6, 6.07) is 21.6. The quantitative estimate of drug-likeness (QED) is 0.301. The molecule has 0 N–H and O–H groups in total. The van der Waals surface area contributed by atoms with Gasteiger partial charge < -0.3 is 8.37 Å². The molecule has 8 nitrogen and oxygen atoms in total. The lowest BCUT2D eigenvalue weighted by Gasteiger charge is -2.14. The molecule has 0 unspecified atom stereocenters. The molecule has 0 heterocycles. The number of rotatable bonds is 10. The summed E-state index contributed by atoms with van der Waals surface area (Å²) >= 11 is 0. The fourth-order valence-corrected chi connectivity index (χ4v) is 4.43. The van der Waals surface area contributed by atoms with Gasteiger partial charge in [-0.05, 0) is 66.4 Å². The van der Waals surface area contributed by atoms with Crippen LogP contribution < -0.4 is 8.37 Å². The van der Waals surface area contributed by atoms with Gasteiger partial charge in [0.05, 0.1) is 13.2 Å². The van der Waals surface area contributed by atoms with E-state index >= 15 is 0 Å². The van der Waals surface area contributed by atoms with Crippen LogP contribution >= 0.6 is 0 Å².